The van der Waals surface area contributed by atoms with Crippen molar-refractivity contribution in [1.82, 2.24) is 10.2 Å². The predicted octanol–water partition coefficient (Wildman–Crippen LogP) is 2.21. The zero-order valence-electron chi connectivity index (χ0n) is 18.1. The number of likely N-dealkylation sites (N-methyl/N-ethyl adjacent to an activating group) is 1. The molecule has 0 aliphatic rings. The molecule has 0 radical (unpaired) electrons. The minimum Gasteiger partial charge on any atom is -0.493 e. The number of hydrogen-bond acceptors (Lipinski definition) is 6. The van der Waals surface area contributed by atoms with Crippen molar-refractivity contribution in [2.75, 3.05) is 46.8 Å². The number of methoxy groups -OCH3 is 3. The van der Waals surface area contributed by atoms with Crippen molar-refractivity contribution in [3.8, 4) is 17.2 Å². The Morgan fingerprint density at radius 2 is 1.47 bits per heavy atom. The van der Waals surface area contributed by atoms with Crippen molar-refractivity contribution >= 4 is 17.5 Å². The first-order valence-corrected chi connectivity index (χ1v) is 9.47. The maximum absolute atomic E-state index is 12.3. The van der Waals surface area contributed by atoms with Gasteiger partial charge in [0, 0.05) is 12.2 Å². The molecule has 0 saturated heterocycles. The summed E-state index contributed by atoms with van der Waals surface area (Å²) in [4.78, 5) is 26.1. The molecule has 0 heterocycles. The van der Waals surface area contributed by atoms with E-state index in [1.807, 2.05) is 31.2 Å². The Hall–Kier alpha value is -3.26. The average molecular weight is 415 g/mol. The van der Waals surface area contributed by atoms with E-state index in [9.17, 15) is 9.59 Å². The van der Waals surface area contributed by atoms with Gasteiger partial charge in [0.25, 0.3) is 0 Å². The number of benzene rings is 2. The second-order valence-corrected chi connectivity index (χ2v) is 6.90. The number of carbonyl (C=O) groups is 2. The number of anilines is 1. The zero-order valence-corrected chi connectivity index (χ0v) is 18.1. The molecule has 2 rings (SSSR count). The monoisotopic (exact) mass is 415 g/mol. The van der Waals surface area contributed by atoms with Crippen LogP contribution >= 0.6 is 0 Å². The number of nitrogens with one attached hydrogen (secondary N) is 2. The van der Waals surface area contributed by atoms with E-state index in [1.54, 1.807) is 24.1 Å². The highest BCUT2D eigenvalue weighted by Gasteiger charge is 2.15. The molecule has 0 aromatic heterocycles. The van der Waals surface area contributed by atoms with Gasteiger partial charge in [-0.2, -0.15) is 0 Å². The molecular formula is C22H29N3O5. The summed E-state index contributed by atoms with van der Waals surface area (Å²) in [6, 6.07) is 11.1. The highest BCUT2D eigenvalue weighted by molar-refractivity contribution is 5.92. The topological polar surface area (TPSA) is 89.1 Å². The number of carbonyl (C=O) groups excluding carboxylic acids is 2. The molecule has 0 aliphatic carbocycles. The van der Waals surface area contributed by atoms with Crippen molar-refractivity contribution in [3.05, 3.63) is 47.5 Å². The van der Waals surface area contributed by atoms with Crippen LogP contribution in [0.1, 0.15) is 11.1 Å². The lowest BCUT2D eigenvalue weighted by Crippen LogP contribution is -2.38. The van der Waals surface area contributed by atoms with Gasteiger partial charge in [0.15, 0.2) is 11.5 Å². The van der Waals surface area contributed by atoms with Crippen molar-refractivity contribution in [2.24, 2.45) is 0 Å². The second-order valence-electron chi connectivity index (χ2n) is 6.90. The minimum atomic E-state index is -0.200. The quantitative estimate of drug-likeness (QED) is 0.619. The van der Waals surface area contributed by atoms with E-state index in [4.69, 9.17) is 14.2 Å². The van der Waals surface area contributed by atoms with Crippen molar-refractivity contribution in [2.45, 2.75) is 13.5 Å². The van der Waals surface area contributed by atoms with Crippen LogP contribution in [-0.4, -0.2) is 58.2 Å². The van der Waals surface area contributed by atoms with Crippen LogP contribution in [0.25, 0.3) is 0 Å². The SMILES string of the molecule is COc1cc(CNC(=O)CN(C)CC(=O)Nc2ccc(C)cc2)cc(OC)c1OC. The number of hydrogen-bond donors (Lipinski definition) is 2. The van der Waals surface area contributed by atoms with Crippen LogP contribution in [0.3, 0.4) is 0 Å². The van der Waals surface area contributed by atoms with Crippen LogP contribution in [-0.2, 0) is 16.1 Å². The molecular weight excluding hydrogens is 386 g/mol. The van der Waals surface area contributed by atoms with Crippen LogP contribution < -0.4 is 24.8 Å². The fourth-order valence-electron chi connectivity index (χ4n) is 2.88. The predicted molar refractivity (Wildman–Crippen MR) is 115 cm³/mol. The molecule has 0 atom stereocenters. The maximum atomic E-state index is 12.3. The Kier molecular flexibility index (Phi) is 8.49. The second kappa shape index (κ2) is 11.1. The van der Waals surface area contributed by atoms with Gasteiger partial charge >= 0.3 is 0 Å². The Balaban J connectivity index is 1.85. The fourth-order valence-corrected chi connectivity index (χ4v) is 2.88. The van der Waals surface area contributed by atoms with Crippen LogP contribution in [0.15, 0.2) is 36.4 Å². The maximum Gasteiger partial charge on any atom is 0.238 e. The third-order valence-electron chi connectivity index (χ3n) is 4.38. The van der Waals surface area contributed by atoms with Gasteiger partial charge in [-0.1, -0.05) is 17.7 Å². The normalized spacial score (nSPS) is 10.5. The lowest BCUT2D eigenvalue weighted by molar-refractivity contribution is -0.123. The molecule has 30 heavy (non-hydrogen) atoms. The number of aryl methyl sites for hydroxylation is 1. The molecule has 0 spiro atoms. The zero-order chi connectivity index (χ0) is 22.1. The van der Waals surface area contributed by atoms with Gasteiger partial charge in [-0.15, -0.1) is 0 Å². The molecule has 2 amide bonds. The Labute approximate surface area is 177 Å². The first-order valence-electron chi connectivity index (χ1n) is 9.47. The van der Waals surface area contributed by atoms with E-state index in [0.717, 1.165) is 16.8 Å². The molecule has 2 aromatic rings. The summed E-state index contributed by atoms with van der Waals surface area (Å²) >= 11 is 0. The van der Waals surface area contributed by atoms with Crippen LogP contribution in [0.5, 0.6) is 17.2 Å². The Morgan fingerprint density at radius 1 is 0.900 bits per heavy atom. The van der Waals surface area contributed by atoms with Gasteiger partial charge in [-0.3, -0.25) is 14.5 Å². The van der Waals surface area contributed by atoms with Crippen molar-refractivity contribution in [1.29, 1.82) is 0 Å². The van der Waals surface area contributed by atoms with Crippen LogP contribution in [0.2, 0.25) is 0 Å². The van der Waals surface area contributed by atoms with Crippen molar-refractivity contribution < 1.29 is 23.8 Å². The van der Waals surface area contributed by atoms with E-state index in [-0.39, 0.29) is 24.9 Å². The summed E-state index contributed by atoms with van der Waals surface area (Å²) in [6.07, 6.45) is 0. The Morgan fingerprint density at radius 3 is 2.00 bits per heavy atom. The lowest BCUT2D eigenvalue weighted by atomic mass is 10.1. The first kappa shape index (κ1) is 23.0. The van der Waals surface area contributed by atoms with Gasteiger partial charge in [0.1, 0.15) is 0 Å². The highest BCUT2D eigenvalue weighted by atomic mass is 16.5. The summed E-state index contributed by atoms with van der Waals surface area (Å²) in [5, 5.41) is 5.65. The molecule has 8 nitrogen and oxygen atoms in total. The number of amides is 2. The van der Waals surface area contributed by atoms with E-state index in [0.29, 0.717) is 23.8 Å². The lowest BCUT2D eigenvalue weighted by Gasteiger charge is -2.17. The minimum absolute atomic E-state index is 0.0890. The van der Waals surface area contributed by atoms with Crippen LogP contribution in [0.4, 0.5) is 5.69 Å². The summed E-state index contributed by atoms with van der Waals surface area (Å²) in [5.41, 5.74) is 2.65. The fraction of sp³-hybridized carbons (Fsp3) is 0.364. The smallest absolute Gasteiger partial charge is 0.238 e. The number of ether oxygens (including phenoxy) is 3. The molecule has 162 valence electrons. The summed E-state index contributed by atoms with van der Waals surface area (Å²) in [5.74, 6) is 1.15. The summed E-state index contributed by atoms with van der Waals surface area (Å²) in [7, 11) is 6.33. The van der Waals surface area contributed by atoms with Gasteiger partial charge < -0.3 is 24.8 Å². The molecule has 0 bridgehead atoms. The van der Waals surface area contributed by atoms with Gasteiger partial charge in [-0.25, -0.2) is 0 Å². The Bertz CT molecular complexity index is 843. The summed E-state index contributed by atoms with van der Waals surface area (Å²) in [6.45, 7) is 2.46. The van der Waals surface area contributed by atoms with E-state index >= 15 is 0 Å². The first-order chi connectivity index (χ1) is 14.4. The highest BCUT2D eigenvalue weighted by Crippen LogP contribution is 2.38. The third-order valence-corrected chi connectivity index (χ3v) is 4.38. The molecule has 2 N–H and O–H groups in total. The standard InChI is InChI=1S/C22H29N3O5/c1-15-6-8-17(9-7-15)24-21(27)14-25(2)13-20(26)23-12-16-10-18(28-3)22(30-5)19(11-16)29-4/h6-11H,12-14H2,1-5H3,(H,23,26)(H,24,27). The summed E-state index contributed by atoms with van der Waals surface area (Å²) < 4.78 is 15.9. The molecule has 0 unspecified atom stereocenters. The molecule has 2 aromatic carbocycles. The van der Waals surface area contributed by atoms with E-state index in [1.165, 1.54) is 21.3 Å². The van der Waals surface area contributed by atoms with Gasteiger partial charge in [0.05, 0.1) is 34.4 Å². The average Bonchev–Trinajstić information content (AvgIpc) is 2.72. The largest absolute Gasteiger partial charge is 0.493 e. The molecule has 8 heteroatoms. The molecule has 0 fully saturated rings. The molecule has 0 aliphatic heterocycles. The van der Waals surface area contributed by atoms with Crippen LogP contribution in [0, 0.1) is 6.92 Å². The number of rotatable bonds is 10. The van der Waals surface area contributed by atoms with E-state index < -0.39 is 0 Å². The van der Waals surface area contributed by atoms with E-state index in [2.05, 4.69) is 10.6 Å². The molecule has 0 saturated carbocycles. The third kappa shape index (κ3) is 6.66. The van der Waals surface area contributed by atoms with Gasteiger partial charge in [0.2, 0.25) is 17.6 Å². The number of nitrogens with zero attached hydrogens (tertiary/aromatic N) is 1. The van der Waals surface area contributed by atoms with Crippen molar-refractivity contribution in [3.63, 3.8) is 0 Å². The van der Waals surface area contributed by atoms with Gasteiger partial charge in [-0.05, 0) is 43.8 Å².